The number of carbonyl (C=O) groups is 1. The molecule has 1 saturated heterocycles. The SMILES string of the molecule is C=CC(=O)OCC.CN1CCCCC1. The number of likely N-dealkylation sites (tertiary alicyclic amines) is 1. The summed E-state index contributed by atoms with van der Waals surface area (Å²) in [5.74, 6) is -0.359. The molecule has 0 N–H and O–H groups in total. The van der Waals surface area contributed by atoms with Gasteiger partial charge in [-0.1, -0.05) is 13.0 Å². The van der Waals surface area contributed by atoms with Gasteiger partial charge in [0.15, 0.2) is 0 Å². The van der Waals surface area contributed by atoms with Gasteiger partial charge < -0.3 is 9.64 Å². The summed E-state index contributed by atoms with van der Waals surface area (Å²) in [6.45, 7) is 8.02. The van der Waals surface area contributed by atoms with Crippen molar-refractivity contribution in [3.8, 4) is 0 Å². The van der Waals surface area contributed by atoms with Crippen LogP contribution in [0.15, 0.2) is 12.7 Å². The third-order valence-electron chi connectivity index (χ3n) is 2.03. The van der Waals surface area contributed by atoms with Gasteiger partial charge in [-0.15, -0.1) is 0 Å². The lowest BCUT2D eigenvalue weighted by Crippen LogP contribution is -2.24. The maximum atomic E-state index is 10.1. The van der Waals surface area contributed by atoms with Crippen LogP contribution in [0.2, 0.25) is 0 Å². The molecule has 0 unspecified atom stereocenters. The first kappa shape index (κ1) is 13.2. The van der Waals surface area contributed by atoms with E-state index < -0.39 is 0 Å². The van der Waals surface area contributed by atoms with E-state index in [1.54, 1.807) is 6.92 Å². The number of hydrogen-bond donors (Lipinski definition) is 0. The maximum Gasteiger partial charge on any atom is 0.330 e. The molecule has 3 nitrogen and oxygen atoms in total. The number of ether oxygens (including phenoxy) is 1. The number of esters is 1. The molecule has 1 aliphatic heterocycles. The molecule has 0 saturated carbocycles. The van der Waals surface area contributed by atoms with E-state index >= 15 is 0 Å². The molecule has 82 valence electrons. The summed E-state index contributed by atoms with van der Waals surface area (Å²) in [4.78, 5) is 12.5. The van der Waals surface area contributed by atoms with Crippen molar-refractivity contribution in [1.82, 2.24) is 4.90 Å². The van der Waals surface area contributed by atoms with E-state index in [2.05, 4.69) is 23.3 Å². The van der Waals surface area contributed by atoms with Crippen LogP contribution in [0.25, 0.3) is 0 Å². The summed E-state index contributed by atoms with van der Waals surface area (Å²) in [6.07, 6.45) is 5.42. The minimum Gasteiger partial charge on any atom is -0.463 e. The second-order valence-electron chi connectivity index (χ2n) is 3.32. The third kappa shape index (κ3) is 7.80. The van der Waals surface area contributed by atoms with Gasteiger partial charge in [-0.2, -0.15) is 0 Å². The Kier molecular flexibility index (Phi) is 8.24. The number of nitrogens with zero attached hydrogens (tertiary/aromatic N) is 1. The topological polar surface area (TPSA) is 29.5 Å². The lowest BCUT2D eigenvalue weighted by Gasteiger charge is -2.20. The Labute approximate surface area is 86.7 Å². The first-order chi connectivity index (χ1) is 6.70. The fourth-order valence-electron chi connectivity index (χ4n) is 1.25. The van der Waals surface area contributed by atoms with Crippen molar-refractivity contribution < 1.29 is 9.53 Å². The van der Waals surface area contributed by atoms with Crippen molar-refractivity contribution in [3.05, 3.63) is 12.7 Å². The summed E-state index contributed by atoms with van der Waals surface area (Å²) in [6, 6.07) is 0. The van der Waals surface area contributed by atoms with Gasteiger partial charge in [-0.05, 0) is 39.9 Å². The molecular weight excluding hydrogens is 178 g/mol. The van der Waals surface area contributed by atoms with Crippen LogP contribution in [0.4, 0.5) is 0 Å². The second-order valence-corrected chi connectivity index (χ2v) is 3.32. The highest BCUT2D eigenvalue weighted by molar-refractivity contribution is 5.81. The number of rotatable bonds is 2. The highest BCUT2D eigenvalue weighted by Gasteiger charge is 2.02. The molecule has 14 heavy (non-hydrogen) atoms. The van der Waals surface area contributed by atoms with Gasteiger partial charge in [0.05, 0.1) is 6.61 Å². The minimum absolute atomic E-state index is 0.359. The molecule has 0 aliphatic carbocycles. The van der Waals surface area contributed by atoms with Crippen LogP contribution in [-0.4, -0.2) is 37.6 Å². The van der Waals surface area contributed by atoms with Crippen molar-refractivity contribution >= 4 is 5.97 Å². The summed E-state index contributed by atoms with van der Waals surface area (Å²) in [5, 5.41) is 0. The van der Waals surface area contributed by atoms with E-state index in [-0.39, 0.29) is 5.97 Å². The summed E-state index contributed by atoms with van der Waals surface area (Å²) >= 11 is 0. The molecule has 0 aromatic carbocycles. The zero-order valence-corrected chi connectivity index (χ0v) is 9.29. The largest absolute Gasteiger partial charge is 0.463 e. The number of piperidine rings is 1. The van der Waals surface area contributed by atoms with E-state index in [9.17, 15) is 4.79 Å². The monoisotopic (exact) mass is 199 g/mol. The standard InChI is InChI=1S/C6H13N.C5H8O2/c1-7-5-3-2-4-6-7;1-3-5(6)7-4-2/h2-6H2,1H3;3H,1,4H2,2H3. The Morgan fingerprint density at radius 1 is 1.43 bits per heavy atom. The summed E-state index contributed by atoms with van der Waals surface area (Å²) in [7, 11) is 2.19. The lowest BCUT2D eigenvalue weighted by atomic mass is 10.1. The fraction of sp³-hybridized carbons (Fsp3) is 0.727. The molecule has 0 radical (unpaired) electrons. The molecule has 0 amide bonds. The van der Waals surface area contributed by atoms with Crippen molar-refractivity contribution in [3.63, 3.8) is 0 Å². The van der Waals surface area contributed by atoms with Crippen LogP contribution in [0.1, 0.15) is 26.2 Å². The van der Waals surface area contributed by atoms with Gasteiger partial charge >= 0.3 is 5.97 Å². The van der Waals surface area contributed by atoms with E-state index in [1.165, 1.54) is 32.4 Å². The van der Waals surface area contributed by atoms with Crippen molar-refractivity contribution in [2.75, 3.05) is 26.7 Å². The van der Waals surface area contributed by atoms with E-state index in [1.807, 2.05) is 0 Å². The predicted molar refractivity (Wildman–Crippen MR) is 58.2 cm³/mol. The first-order valence-corrected chi connectivity index (χ1v) is 5.18. The Bertz CT molecular complexity index is 163. The Hall–Kier alpha value is -0.830. The van der Waals surface area contributed by atoms with Crippen molar-refractivity contribution in [2.24, 2.45) is 0 Å². The van der Waals surface area contributed by atoms with Gasteiger partial charge in [0.2, 0.25) is 0 Å². The van der Waals surface area contributed by atoms with E-state index in [4.69, 9.17) is 0 Å². The van der Waals surface area contributed by atoms with Gasteiger partial charge in [0.25, 0.3) is 0 Å². The minimum atomic E-state index is -0.359. The molecule has 0 bridgehead atoms. The molecule has 1 rings (SSSR count). The highest BCUT2D eigenvalue weighted by Crippen LogP contribution is 2.04. The maximum absolute atomic E-state index is 10.1. The molecule has 0 spiro atoms. The highest BCUT2D eigenvalue weighted by atomic mass is 16.5. The van der Waals surface area contributed by atoms with Crippen LogP contribution >= 0.6 is 0 Å². The summed E-state index contributed by atoms with van der Waals surface area (Å²) in [5.41, 5.74) is 0. The zero-order chi connectivity index (χ0) is 10.8. The quantitative estimate of drug-likeness (QED) is 0.502. The third-order valence-corrected chi connectivity index (χ3v) is 2.03. The summed E-state index contributed by atoms with van der Waals surface area (Å²) < 4.78 is 4.43. The number of hydrogen-bond acceptors (Lipinski definition) is 3. The molecule has 1 heterocycles. The molecule has 0 atom stereocenters. The van der Waals surface area contributed by atoms with Gasteiger partial charge in [0.1, 0.15) is 0 Å². The molecule has 0 aromatic rings. The average molecular weight is 199 g/mol. The van der Waals surface area contributed by atoms with Crippen molar-refractivity contribution in [1.29, 1.82) is 0 Å². The molecule has 1 fully saturated rings. The lowest BCUT2D eigenvalue weighted by molar-refractivity contribution is -0.137. The van der Waals surface area contributed by atoms with Crippen LogP contribution in [0, 0.1) is 0 Å². The Balaban J connectivity index is 0.000000241. The Morgan fingerprint density at radius 3 is 2.21 bits per heavy atom. The predicted octanol–water partition coefficient (Wildman–Crippen LogP) is 1.84. The van der Waals surface area contributed by atoms with Crippen molar-refractivity contribution in [2.45, 2.75) is 26.2 Å². The van der Waals surface area contributed by atoms with Crippen LogP contribution in [0.5, 0.6) is 0 Å². The van der Waals surface area contributed by atoms with Gasteiger partial charge in [0, 0.05) is 6.08 Å². The van der Waals surface area contributed by atoms with Gasteiger partial charge in [-0.3, -0.25) is 0 Å². The van der Waals surface area contributed by atoms with E-state index in [0.717, 1.165) is 6.08 Å². The normalized spacial score (nSPS) is 16.4. The van der Waals surface area contributed by atoms with E-state index in [0.29, 0.717) is 6.61 Å². The molecule has 1 aliphatic rings. The second kappa shape index (κ2) is 8.75. The Morgan fingerprint density at radius 2 is 2.00 bits per heavy atom. The molecular formula is C11H21NO2. The first-order valence-electron chi connectivity index (χ1n) is 5.18. The number of carbonyl (C=O) groups excluding carboxylic acids is 1. The van der Waals surface area contributed by atoms with Gasteiger partial charge in [-0.25, -0.2) is 4.79 Å². The van der Waals surface area contributed by atoms with Crippen LogP contribution < -0.4 is 0 Å². The zero-order valence-electron chi connectivity index (χ0n) is 9.29. The molecule has 0 aromatic heterocycles. The smallest absolute Gasteiger partial charge is 0.330 e. The van der Waals surface area contributed by atoms with Crippen LogP contribution in [0.3, 0.4) is 0 Å². The fourth-order valence-corrected chi connectivity index (χ4v) is 1.25. The molecule has 3 heteroatoms. The van der Waals surface area contributed by atoms with Crippen LogP contribution in [-0.2, 0) is 9.53 Å². The average Bonchev–Trinajstić information content (AvgIpc) is 2.20.